The minimum atomic E-state index is -0.523. The number of rotatable bonds is 2. The Morgan fingerprint density at radius 1 is 1.31 bits per heavy atom. The summed E-state index contributed by atoms with van der Waals surface area (Å²) < 4.78 is 6.12. The van der Waals surface area contributed by atoms with E-state index in [-0.39, 0.29) is 23.6 Å². The number of carbonyl (C=O) groups excluding carboxylic acids is 1. The molecule has 29 heavy (non-hydrogen) atoms. The van der Waals surface area contributed by atoms with Crippen LogP contribution in [0.25, 0.3) is 11.2 Å². The van der Waals surface area contributed by atoms with Gasteiger partial charge in [-0.25, -0.2) is 14.8 Å². The number of carbonyl (C=O) groups is 1. The average Bonchev–Trinajstić information content (AvgIpc) is 2.61. The number of ether oxygens (including phenoxy) is 1. The van der Waals surface area contributed by atoms with E-state index in [1.807, 2.05) is 32.6 Å². The molecule has 1 aliphatic carbocycles. The Morgan fingerprint density at radius 2 is 2.03 bits per heavy atom. The van der Waals surface area contributed by atoms with Gasteiger partial charge in [0.2, 0.25) is 5.43 Å². The van der Waals surface area contributed by atoms with Gasteiger partial charge in [0.1, 0.15) is 15.9 Å². The smallest absolute Gasteiger partial charge is 0.410 e. The number of amides is 1. The Hall–Kier alpha value is -2.16. The Kier molecular flexibility index (Phi) is 5.04. The first kappa shape index (κ1) is 20.1. The molecule has 1 N–H and O–H groups in total. The highest BCUT2D eigenvalue weighted by atomic mass is 79.9. The summed E-state index contributed by atoms with van der Waals surface area (Å²) >= 11 is 3.30. The van der Waals surface area contributed by atoms with Gasteiger partial charge in [-0.3, -0.25) is 4.79 Å². The average molecular weight is 464 g/mol. The molecule has 0 aromatic carbocycles. The lowest BCUT2D eigenvalue weighted by Crippen LogP contribution is -2.67. The SMILES string of the molecule is CCc1[nH]c2ncc(Br)nc2c(=O)c1N1CCN(C(=O)OC(C)(C)C)[C@@H]2CC[C@H]21. The molecule has 3 heterocycles. The van der Waals surface area contributed by atoms with Crippen molar-refractivity contribution < 1.29 is 9.53 Å². The molecule has 2 atom stereocenters. The summed E-state index contributed by atoms with van der Waals surface area (Å²) in [4.78, 5) is 41.9. The fourth-order valence-corrected chi connectivity index (χ4v) is 4.47. The Morgan fingerprint density at radius 3 is 2.66 bits per heavy atom. The first-order chi connectivity index (χ1) is 13.7. The van der Waals surface area contributed by atoms with Crippen molar-refractivity contribution in [1.82, 2.24) is 19.9 Å². The zero-order valence-corrected chi connectivity index (χ0v) is 18.7. The van der Waals surface area contributed by atoms with Gasteiger partial charge in [0.15, 0.2) is 11.2 Å². The second kappa shape index (κ2) is 7.27. The number of hydrogen-bond donors (Lipinski definition) is 1. The number of piperazine rings is 1. The maximum atomic E-state index is 13.3. The molecule has 0 unspecified atom stereocenters. The van der Waals surface area contributed by atoms with E-state index in [0.717, 1.165) is 18.5 Å². The van der Waals surface area contributed by atoms with Crippen molar-refractivity contribution in [1.29, 1.82) is 0 Å². The Balaban J connectivity index is 1.68. The standard InChI is InChI=1S/C20H26BrN5O3/c1-5-11-16(17(27)15-18(23-11)22-10-14(21)24-15)25-8-9-26(13-7-6-12(13)25)19(28)29-20(2,3)4/h10,12-13H,5-9H2,1-4H3,(H,22,23,27)/t12-,13-/m1/s1. The third-order valence-electron chi connectivity index (χ3n) is 5.58. The molecule has 1 amide bonds. The highest BCUT2D eigenvalue weighted by molar-refractivity contribution is 9.10. The summed E-state index contributed by atoms with van der Waals surface area (Å²) in [6.45, 7) is 8.76. The predicted molar refractivity (Wildman–Crippen MR) is 114 cm³/mol. The molecule has 2 aromatic rings. The van der Waals surface area contributed by atoms with E-state index in [4.69, 9.17) is 4.74 Å². The number of anilines is 1. The molecular weight excluding hydrogens is 438 g/mol. The number of nitrogens with one attached hydrogen (secondary N) is 1. The molecular formula is C20H26BrN5O3. The van der Waals surface area contributed by atoms with Crippen LogP contribution in [0.15, 0.2) is 15.6 Å². The first-order valence-corrected chi connectivity index (χ1v) is 10.8. The van der Waals surface area contributed by atoms with Gasteiger partial charge >= 0.3 is 6.09 Å². The van der Waals surface area contributed by atoms with Crippen molar-refractivity contribution in [2.75, 3.05) is 18.0 Å². The fraction of sp³-hybridized carbons (Fsp3) is 0.600. The monoisotopic (exact) mass is 463 g/mol. The van der Waals surface area contributed by atoms with Crippen molar-refractivity contribution in [2.24, 2.45) is 0 Å². The maximum Gasteiger partial charge on any atom is 0.410 e. The Labute approximate surface area is 177 Å². The van der Waals surface area contributed by atoms with Gasteiger partial charge in [-0.05, 0) is 56.0 Å². The highest BCUT2D eigenvalue weighted by Gasteiger charge is 2.47. The molecule has 156 valence electrons. The summed E-state index contributed by atoms with van der Waals surface area (Å²) in [6.07, 6.45) is 3.85. The van der Waals surface area contributed by atoms with Crippen LogP contribution in [-0.2, 0) is 11.2 Å². The van der Waals surface area contributed by atoms with Crippen LogP contribution in [0.5, 0.6) is 0 Å². The van der Waals surface area contributed by atoms with E-state index in [2.05, 4.69) is 35.8 Å². The third-order valence-corrected chi connectivity index (χ3v) is 5.96. The number of aromatic amines is 1. The minimum Gasteiger partial charge on any atom is -0.444 e. The number of aryl methyl sites for hydroxylation is 1. The van der Waals surface area contributed by atoms with E-state index in [1.165, 1.54) is 0 Å². The number of fused-ring (bicyclic) bond motifs is 2. The third kappa shape index (κ3) is 3.60. The second-order valence-electron chi connectivity index (χ2n) is 8.60. The zero-order valence-electron chi connectivity index (χ0n) is 17.2. The van der Waals surface area contributed by atoms with E-state index in [0.29, 0.717) is 41.0 Å². The van der Waals surface area contributed by atoms with Gasteiger partial charge in [0.05, 0.1) is 12.2 Å². The molecule has 4 rings (SSSR count). The number of halogens is 1. The number of aromatic nitrogens is 3. The van der Waals surface area contributed by atoms with Gasteiger partial charge in [0, 0.05) is 24.8 Å². The molecule has 1 saturated carbocycles. The summed E-state index contributed by atoms with van der Waals surface area (Å²) in [5.74, 6) is 0. The number of H-pyrrole nitrogens is 1. The van der Waals surface area contributed by atoms with E-state index in [9.17, 15) is 9.59 Å². The van der Waals surface area contributed by atoms with Crippen molar-refractivity contribution in [2.45, 2.75) is 64.6 Å². The van der Waals surface area contributed by atoms with Gasteiger partial charge in [-0.2, -0.15) is 0 Å². The summed E-state index contributed by atoms with van der Waals surface area (Å²) in [6, 6.07) is 0.173. The van der Waals surface area contributed by atoms with Crippen LogP contribution >= 0.6 is 15.9 Å². The van der Waals surface area contributed by atoms with Crippen LogP contribution in [0.3, 0.4) is 0 Å². The summed E-state index contributed by atoms with van der Waals surface area (Å²) in [5.41, 5.74) is 1.71. The minimum absolute atomic E-state index is 0.0620. The molecule has 2 aromatic heterocycles. The fourth-order valence-electron chi connectivity index (χ4n) is 4.19. The van der Waals surface area contributed by atoms with Crippen LogP contribution in [0, 0.1) is 0 Å². The van der Waals surface area contributed by atoms with E-state index < -0.39 is 5.60 Å². The van der Waals surface area contributed by atoms with Crippen molar-refractivity contribution in [3.05, 3.63) is 26.7 Å². The lowest BCUT2D eigenvalue weighted by molar-refractivity contribution is -0.00449. The largest absolute Gasteiger partial charge is 0.444 e. The summed E-state index contributed by atoms with van der Waals surface area (Å²) in [5, 5.41) is 0. The second-order valence-corrected chi connectivity index (χ2v) is 9.42. The maximum absolute atomic E-state index is 13.3. The van der Waals surface area contributed by atoms with Gasteiger partial charge in [-0.1, -0.05) is 6.92 Å². The van der Waals surface area contributed by atoms with Crippen molar-refractivity contribution in [3.63, 3.8) is 0 Å². The van der Waals surface area contributed by atoms with E-state index in [1.54, 1.807) is 6.20 Å². The van der Waals surface area contributed by atoms with Gasteiger partial charge in [-0.15, -0.1) is 0 Å². The van der Waals surface area contributed by atoms with Crippen LogP contribution in [0.2, 0.25) is 0 Å². The molecule has 0 radical (unpaired) electrons. The number of pyridine rings is 1. The molecule has 2 aliphatic rings. The Bertz CT molecular complexity index is 1020. The van der Waals surface area contributed by atoms with E-state index >= 15 is 0 Å². The molecule has 2 fully saturated rings. The molecule has 1 saturated heterocycles. The highest BCUT2D eigenvalue weighted by Crippen LogP contribution is 2.37. The van der Waals surface area contributed by atoms with Gasteiger partial charge in [0.25, 0.3) is 0 Å². The quantitative estimate of drug-likeness (QED) is 0.734. The van der Waals surface area contributed by atoms with Crippen LogP contribution < -0.4 is 10.3 Å². The molecule has 0 spiro atoms. The van der Waals surface area contributed by atoms with Crippen molar-refractivity contribution in [3.8, 4) is 0 Å². The molecule has 0 bridgehead atoms. The predicted octanol–water partition coefficient (Wildman–Crippen LogP) is 3.23. The normalized spacial score (nSPS) is 21.7. The zero-order chi connectivity index (χ0) is 20.9. The lowest BCUT2D eigenvalue weighted by atomic mass is 9.81. The lowest BCUT2D eigenvalue weighted by Gasteiger charge is -2.54. The summed E-state index contributed by atoms with van der Waals surface area (Å²) in [7, 11) is 0. The molecule has 8 nitrogen and oxygen atoms in total. The topological polar surface area (TPSA) is 91.4 Å². The number of hydrogen-bond acceptors (Lipinski definition) is 6. The van der Waals surface area contributed by atoms with Crippen molar-refractivity contribution >= 4 is 38.9 Å². The molecule has 9 heteroatoms. The first-order valence-electron chi connectivity index (χ1n) is 10.0. The van der Waals surface area contributed by atoms with Crippen LogP contribution in [0.1, 0.15) is 46.2 Å². The molecule has 1 aliphatic heterocycles. The van der Waals surface area contributed by atoms with Crippen LogP contribution in [-0.4, -0.2) is 56.7 Å². The number of nitrogens with zero attached hydrogens (tertiary/aromatic N) is 4. The van der Waals surface area contributed by atoms with Gasteiger partial charge < -0.3 is 19.5 Å². The van der Waals surface area contributed by atoms with Crippen LogP contribution in [0.4, 0.5) is 10.5 Å².